The molecule has 0 amide bonds. The van der Waals surface area contributed by atoms with E-state index in [1.165, 1.54) is 5.56 Å². The zero-order chi connectivity index (χ0) is 9.90. The molecule has 0 fully saturated rings. The fraction of sp³-hybridized carbons (Fsp3) is 0.300. The van der Waals surface area contributed by atoms with Gasteiger partial charge in [0.05, 0.1) is 5.54 Å². The van der Waals surface area contributed by atoms with Gasteiger partial charge in [0, 0.05) is 0 Å². The quantitative estimate of drug-likeness (QED) is 0.576. The van der Waals surface area contributed by atoms with Crippen LogP contribution in [0.15, 0.2) is 30.3 Å². The molecule has 1 aromatic rings. The summed E-state index contributed by atoms with van der Waals surface area (Å²) >= 11 is 8.96. The Labute approximate surface area is 90.0 Å². The third kappa shape index (κ3) is 3.01. The van der Waals surface area contributed by atoms with E-state index in [9.17, 15) is 0 Å². The zero-order valence-electron chi connectivity index (χ0n) is 7.74. The van der Waals surface area contributed by atoms with Crippen LogP contribution >= 0.6 is 24.8 Å². The van der Waals surface area contributed by atoms with Gasteiger partial charge in [-0.25, -0.2) is 0 Å². The van der Waals surface area contributed by atoms with Crippen molar-refractivity contribution >= 4 is 29.2 Å². The molecule has 1 nitrogen and oxygen atoms in total. The van der Waals surface area contributed by atoms with Crippen molar-refractivity contribution in [3.63, 3.8) is 0 Å². The largest absolute Gasteiger partial charge is 0.362 e. The number of hydrogen-bond acceptors (Lipinski definition) is 1. The molecule has 3 heteroatoms. The molecule has 13 heavy (non-hydrogen) atoms. The van der Waals surface area contributed by atoms with Crippen molar-refractivity contribution in [2.24, 2.45) is 0 Å². The van der Waals surface area contributed by atoms with Gasteiger partial charge in [0.2, 0.25) is 0 Å². The highest BCUT2D eigenvalue weighted by Gasteiger charge is 2.19. The number of thiocarbonyl (C=S) groups is 1. The van der Waals surface area contributed by atoms with E-state index in [0.717, 1.165) is 0 Å². The normalized spacial score (nSPS) is 11.0. The van der Waals surface area contributed by atoms with Crippen LogP contribution < -0.4 is 5.32 Å². The van der Waals surface area contributed by atoms with E-state index < -0.39 is 0 Å². The van der Waals surface area contributed by atoms with E-state index in [4.69, 9.17) is 12.2 Å². The predicted octanol–water partition coefficient (Wildman–Crippen LogP) is 2.73. The number of hydrogen-bond donors (Lipinski definition) is 2. The van der Waals surface area contributed by atoms with Crippen LogP contribution in [-0.4, -0.2) is 4.32 Å². The number of thiol groups is 1. The van der Waals surface area contributed by atoms with Crippen LogP contribution in [0.4, 0.5) is 0 Å². The second kappa shape index (κ2) is 4.11. The molecule has 0 aliphatic heterocycles. The van der Waals surface area contributed by atoms with Gasteiger partial charge in [-0.1, -0.05) is 42.5 Å². The van der Waals surface area contributed by atoms with Crippen molar-refractivity contribution in [2.45, 2.75) is 19.4 Å². The van der Waals surface area contributed by atoms with Gasteiger partial charge in [0.15, 0.2) is 0 Å². The molecular formula is C10H13NS2. The highest BCUT2D eigenvalue weighted by Crippen LogP contribution is 2.19. The fourth-order valence-corrected chi connectivity index (χ4v) is 1.73. The van der Waals surface area contributed by atoms with Gasteiger partial charge in [-0.05, 0) is 19.4 Å². The predicted molar refractivity (Wildman–Crippen MR) is 64.2 cm³/mol. The molecular weight excluding hydrogens is 198 g/mol. The van der Waals surface area contributed by atoms with Crippen molar-refractivity contribution in [1.82, 2.24) is 5.32 Å². The Hall–Kier alpha value is -0.540. The summed E-state index contributed by atoms with van der Waals surface area (Å²) in [5.41, 5.74) is 1.05. The minimum absolute atomic E-state index is 0.153. The van der Waals surface area contributed by atoms with Gasteiger partial charge in [-0.3, -0.25) is 0 Å². The molecule has 0 aliphatic carbocycles. The second-order valence-electron chi connectivity index (χ2n) is 3.42. The number of benzene rings is 1. The molecule has 0 saturated carbocycles. The summed E-state index contributed by atoms with van der Waals surface area (Å²) in [4.78, 5) is 0. The van der Waals surface area contributed by atoms with E-state index in [0.29, 0.717) is 4.32 Å². The Morgan fingerprint density at radius 1 is 1.31 bits per heavy atom. The highest BCUT2D eigenvalue weighted by atomic mass is 32.1. The first-order valence-electron chi connectivity index (χ1n) is 4.09. The lowest BCUT2D eigenvalue weighted by molar-refractivity contribution is 0.493. The summed E-state index contributed by atoms with van der Waals surface area (Å²) in [5, 5.41) is 3.13. The molecule has 0 heterocycles. The van der Waals surface area contributed by atoms with Crippen LogP contribution in [0.3, 0.4) is 0 Å². The van der Waals surface area contributed by atoms with Crippen LogP contribution in [0, 0.1) is 0 Å². The third-order valence-electron chi connectivity index (χ3n) is 1.91. The average molecular weight is 211 g/mol. The highest BCUT2D eigenvalue weighted by molar-refractivity contribution is 8.11. The molecule has 0 saturated heterocycles. The molecule has 0 bridgehead atoms. The minimum Gasteiger partial charge on any atom is -0.362 e. The van der Waals surface area contributed by atoms with E-state index in [1.807, 2.05) is 18.2 Å². The van der Waals surface area contributed by atoms with E-state index in [1.54, 1.807) is 0 Å². The summed E-state index contributed by atoms with van der Waals surface area (Å²) in [7, 11) is 0. The topological polar surface area (TPSA) is 12.0 Å². The molecule has 1 aromatic carbocycles. The SMILES string of the molecule is CC(C)(NC(=S)S)c1ccccc1. The van der Waals surface area contributed by atoms with Crippen LogP contribution in [-0.2, 0) is 5.54 Å². The minimum atomic E-state index is -0.153. The molecule has 0 atom stereocenters. The Morgan fingerprint density at radius 2 is 1.85 bits per heavy atom. The standard InChI is InChI=1S/C10H13NS2/c1-10(2,11-9(12)13)8-6-4-3-5-7-8/h3-7H,1-2H3,(H2,11,12,13). The Morgan fingerprint density at radius 3 is 2.31 bits per heavy atom. The summed E-state index contributed by atoms with van der Waals surface area (Å²) in [5.74, 6) is 0. The maximum absolute atomic E-state index is 4.90. The average Bonchev–Trinajstić information content (AvgIpc) is 2.04. The lowest BCUT2D eigenvalue weighted by Gasteiger charge is -2.26. The maximum Gasteiger partial charge on any atom is 0.131 e. The maximum atomic E-state index is 4.90. The summed E-state index contributed by atoms with van der Waals surface area (Å²) < 4.78 is 0.522. The fourth-order valence-electron chi connectivity index (χ4n) is 1.19. The molecule has 70 valence electrons. The third-order valence-corrected chi connectivity index (χ3v) is 2.13. The van der Waals surface area contributed by atoms with Gasteiger partial charge in [0.25, 0.3) is 0 Å². The molecule has 1 N–H and O–H groups in total. The summed E-state index contributed by atoms with van der Waals surface area (Å²) in [6.07, 6.45) is 0. The monoisotopic (exact) mass is 211 g/mol. The Balaban J connectivity index is 2.87. The van der Waals surface area contributed by atoms with Crippen LogP contribution in [0.2, 0.25) is 0 Å². The van der Waals surface area contributed by atoms with Crippen LogP contribution in [0.25, 0.3) is 0 Å². The van der Waals surface area contributed by atoms with E-state index >= 15 is 0 Å². The van der Waals surface area contributed by atoms with E-state index in [2.05, 4.69) is 43.9 Å². The number of nitrogens with one attached hydrogen (secondary N) is 1. The van der Waals surface area contributed by atoms with E-state index in [-0.39, 0.29) is 5.54 Å². The van der Waals surface area contributed by atoms with Gasteiger partial charge >= 0.3 is 0 Å². The Kier molecular flexibility index (Phi) is 3.33. The summed E-state index contributed by atoms with van der Waals surface area (Å²) in [6.45, 7) is 4.15. The first-order valence-corrected chi connectivity index (χ1v) is 4.94. The number of rotatable bonds is 2. The van der Waals surface area contributed by atoms with Crippen LogP contribution in [0.1, 0.15) is 19.4 Å². The van der Waals surface area contributed by atoms with Crippen LogP contribution in [0.5, 0.6) is 0 Å². The lowest BCUT2D eigenvalue weighted by atomic mass is 9.95. The summed E-state index contributed by atoms with van der Waals surface area (Å²) in [6, 6.07) is 10.2. The van der Waals surface area contributed by atoms with Crippen molar-refractivity contribution in [2.75, 3.05) is 0 Å². The van der Waals surface area contributed by atoms with Crippen molar-refractivity contribution in [3.05, 3.63) is 35.9 Å². The smallest absolute Gasteiger partial charge is 0.131 e. The first-order chi connectivity index (χ1) is 6.02. The Bertz CT molecular complexity index is 293. The van der Waals surface area contributed by atoms with Crippen molar-refractivity contribution in [3.8, 4) is 0 Å². The molecule has 0 radical (unpaired) electrons. The second-order valence-corrected chi connectivity index (χ2v) is 4.58. The molecule has 0 aliphatic rings. The molecule has 1 rings (SSSR count). The molecule has 0 unspecified atom stereocenters. The van der Waals surface area contributed by atoms with Gasteiger partial charge in [0.1, 0.15) is 4.32 Å². The van der Waals surface area contributed by atoms with Crippen molar-refractivity contribution < 1.29 is 0 Å². The van der Waals surface area contributed by atoms with Gasteiger partial charge in [-0.15, -0.1) is 12.6 Å². The zero-order valence-corrected chi connectivity index (χ0v) is 9.45. The lowest BCUT2D eigenvalue weighted by Crippen LogP contribution is -2.37. The molecule has 0 aromatic heterocycles. The first kappa shape index (κ1) is 10.5. The molecule has 0 spiro atoms. The van der Waals surface area contributed by atoms with Gasteiger partial charge in [-0.2, -0.15) is 0 Å². The van der Waals surface area contributed by atoms with Gasteiger partial charge < -0.3 is 5.32 Å². The van der Waals surface area contributed by atoms with Crippen molar-refractivity contribution in [1.29, 1.82) is 0 Å².